The van der Waals surface area contributed by atoms with Gasteiger partial charge in [-0.05, 0) is 38.0 Å². The Morgan fingerprint density at radius 1 is 1.25 bits per heavy atom. The summed E-state index contributed by atoms with van der Waals surface area (Å²) in [5.41, 5.74) is 6.74. The summed E-state index contributed by atoms with van der Waals surface area (Å²) in [4.78, 5) is 11.1. The summed E-state index contributed by atoms with van der Waals surface area (Å²) in [6.45, 7) is 5.21. The number of benzene rings is 1. The second-order valence-electron chi connectivity index (χ2n) is 5.06. The second kappa shape index (κ2) is 6.74. The number of primary amides is 1. The van der Waals surface area contributed by atoms with E-state index in [1.165, 1.54) is 0 Å². The molecular formula is C14H22N2O3S. The number of nitrogens with one attached hydrogen (secondary N) is 1. The minimum absolute atomic E-state index is 0.0258. The van der Waals surface area contributed by atoms with Crippen molar-refractivity contribution in [2.24, 2.45) is 5.73 Å². The summed E-state index contributed by atoms with van der Waals surface area (Å²) in [6.07, 6.45) is 0.596. The smallest absolute Gasteiger partial charge is 0.239 e. The highest BCUT2D eigenvalue weighted by Crippen LogP contribution is 2.15. The third-order valence-electron chi connectivity index (χ3n) is 3.13. The molecule has 0 saturated heterocycles. The molecule has 0 radical (unpaired) electrons. The quantitative estimate of drug-likeness (QED) is 0.801. The molecule has 0 unspecified atom stereocenters. The van der Waals surface area contributed by atoms with Crippen LogP contribution in [-0.2, 0) is 20.4 Å². The van der Waals surface area contributed by atoms with E-state index in [0.29, 0.717) is 6.42 Å². The monoisotopic (exact) mass is 298 g/mol. The first-order valence-corrected chi connectivity index (χ1v) is 8.34. The van der Waals surface area contributed by atoms with Gasteiger partial charge in [-0.3, -0.25) is 4.79 Å². The van der Waals surface area contributed by atoms with E-state index in [9.17, 15) is 13.2 Å². The van der Waals surface area contributed by atoms with E-state index >= 15 is 0 Å². The molecule has 5 nitrogen and oxygen atoms in total. The summed E-state index contributed by atoms with van der Waals surface area (Å²) in [6, 6.07) is 6.60. The highest BCUT2D eigenvalue weighted by Gasteiger charge is 2.17. The third kappa shape index (κ3) is 4.52. The molecule has 1 amide bonds. The van der Waals surface area contributed by atoms with Crippen LogP contribution in [0.4, 0.5) is 5.69 Å². The molecule has 3 N–H and O–H groups in total. The molecule has 0 aliphatic heterocycles. The Bertz CT molecular complexity index is 550. The van der Waals surface area contributed by atoms with Gasteiger partial charge in [-0.1, -0.05) is 19.1 Å². The molecule has 0 aromatic heterocycles. The van der Waals surface area contributed by atoms with Gasteiger partial charge in [0, 0.05) is 5.69 Å². The first-order chi connectivity index (χ1) is 9.26. The van der Waals surface area contributed by atoms with Crippen molar-refractivity contribution in [2.75, 3.05) is 5.32 Å². The van der Waals surface area contributed by atoms with E-state index in [-0.39, 0.29) is 11.0 Å². The highest BCUT2D eigenvalue weighted by molar-refractivity contribution is 7.91. The van der Waals surface area contributed by atoms with Crippen LogP contribution in [0.5, 0.6) is 0 Å². The maximum atomic E-state index is 11.8. The van der Waals surface area contributed by atoms with Crippen molar-refractivity contribution >= 4 is 21.4 Å². The summed E-state index contributed by atoms with van der Waals surface area (Å²) in [5.74, 6) is -0.378. The number of carbonyl (C=O) groups excluding carboxylic acids is 1. The van der Waals surface area contributed by atoms with Gasteiger partial charge in [0.2, 0.25) is 5.91 Å². The van der Waals surface area contributed by atoms with Crippen molar-refractivity contribution in [1.82, 2.24) is 0 Å². The van der Waals surface area contributed by atoms with Crippen LogP contribution in [0, 0.1) is 0 Å². The lowest BCUT2D eigenvalue weighted by atomic mass is 10.2. The largest absolute Gasteiger partial charge is 0.374 e. The number of hydrogen-bond donors (Lipinski definition) is 2. The van der Waals surface area contributed by atoms with E-state index in [1.807, 2.05) is 6.92 Å². The fraction of sp³-hybridized carbons (Fsp3) is 0.500. The second-order valence-corrected chi connectivity index (χ2v) is 7.62. The number of hydrogen-bond acceptors (Lipinski definition) is 4. The molecular weight excluding hydrogens is 276 g/mol. The molecule has 20 heavy (non-hydrogen) atoms. The fourth-order valence-corrected chi connectivity index (χ4v) is 2.66. The molecule has 0 aliphatic rings. The van der Waals surface area contributed by atoms with Crippen molar-refractivity contribution in [3.63, 3.8) is 0 Å². The van der Waals surface area contributed by atoms with Gasteiger partial charge in [0.1, 0.15) is 6.04 Å². The van der Waals surface area contributed by atoms with Gasteiger partial charge in [0.05, 0.1) is 11.0 Å². The molecule has 6 heteroatoms. The zero-order valence-electron chi connectivity index (χ0n) is 12.1. The van der Waals surface area contributed by atoms with Gasteiger partial charge in [-0.25, -0.2) is 8.42 Å². The minimum Gasteiger partial charge on any atom is -0.374 e. The van der Waals surface area contributed by atoms with Gasteiger partial charge in [0.15, 0.2) is 9.84 Å². The maximum absolute atomic E-state index is 11.8. The third-order valence-corrected chi connectivity index (χ3v) is 5.30. The lowest BCUT2D eigenvalue weighted by Crippen LogP contribution is -2.34. The van der Waals surface area contributed by atoms with E-state index in [0.717, 1.165) is 11.3 Å². The molecule has 0 bridgehead atoms. The molecule has 1 rings (SSSR count). The molecule has 1 atom stereocenters. The number of amides is 1. The Kier molecular flexibility index (Phi) is 5.56. The number of carbonyl (C=O) groups is 1. The summed E-state index contributed by atoms with van der Waals surface area (Å²) >= 11 is 0. The van der Waals surface area contributed by atoms with Gasteiger partial charge in [0.25, 0.3) is 0 Å². The minimum atomic E-state index is -3.10. The van der Waals surface area contributed by atoms with Gasteiger partial charge in [-0.2, -0.15) is 0 Å². The topological polar surface area (TPSA) is 89.3 Å². The van der Waals surface area contributed by atoms with Crippen LogP contribution < -0.4 is 11.1 Å². The first-order valence-electron chi connectivity index (χ1n) is 6.62. The zero-order chi connectivity index (χ0) is 15.3. The molecule has 1 aromatic rings. The van der Waals surface area contributed by atoms with Crippen molar-refractivity contribution in [3.05, 3.63) is 29.8 Å². The summed E-state index contributed by atoms with van der Waals surface area (Å²) in [7, 11) is -3.10. The van der Waals surface area contributed by atoms with Crippen LogP contribution in [0.25, 0.3) is 0 Å². The van der Waals surface area contributed by atoms with Crippen LogP contribution in [0.15, 0.2) is 24.3 Å². The van der Waals surface area contributed by atoms with Gasteiger partial charge < -0.3 is 11.1 Å². The number of nitrogens with two attached hydrogens (primary N) is 1. The average Bonchev–Trinajstić information content (AvgIpc) is 2.36. The molecule has 1 aromatic carbocycles. The van der Waals surface area contributed by atoms with Crippen molar-refractivity contribution in [3.8, 4) is 0 Å². The standard InChI is InChI=1S/C14H22N2O3S/c1-4-13(14(15)17)16-12-7-5-11(6-8-12)9-20(18,19)10(2)3/h5-8,10,13,16H,4,9H2,1-3H3,(H2,15,17)/t13-/m1/s1. The van der Waals surface area contributed by atoms with E-state index < -0.39 is 21.8 Å². The lowest BCUT2D eigenvalue weighted by Gasteiger charge is -2.15. The number of sulfone groups is 1. The molecule has 112 valence electrons. The Hall–Kier alpha value is -1.56. The predicted octanol–water partition coefficient (Wildman–Crippen LogP) is 1.69. The van der Waals surface area contributed by atoms with Crippen LogP contribution in [-0.4, -0.2) is 25.6 Å². The van der Waals surface area contributed by atoms with Crippen LogP contribution >= 0.6 is 0 Å². The lowest BCUT2D eigenvalue weighted by molar-refractivity contribution is -0.118. The van der Waals surface area contributed by atoms with Crippen molar-refractivity contribution in [2.45, 2.75) is 44.2 Å². The summed E-state index contributed by atoms with van der Waals surface area (Å²) in [5, 5.41) is 2.63. The van der Waals surface area contributed by atoms with Crippen LogP contribution in [0.3, 0.4) is 0 Å². The van der Waals surface area contributed by atoms with Crippen molar-refractivity contribution in [1.29, 1.82) is 0 Å². The molecule has 0 aliphatic carbocycles. The van der Waals surface area contributed by atoms with E-state index in [2.05, 4.69) is 5.32 Å². The normalized spacial score (nSPS) is 13.2. The van der Waals surface area contributed by atoms with Crippen molar-refractivity contribution < 1.29 is 13.2 Å². The Morgan fingerprint density at radius 2 is 1.80 bits per heavy atom. The average molecular weight is 298 g/mol. The van der Waals surface area contributed by atoms with Gasteiger partial charge in [-0.15, -0.1) is 0 Å². The van der Waals surface area contributed by atoms with Crippen LogP contribution in [0.2, 0.25) is 0 Å². The van der Waals surface area contributed by atoms with E-state index in [4.69, 9.17) is 5.73 Å². The molecule has 0 heterocycles. The fourth-order valence-electron chi connectivity index (χ4n) is 1.67. The first kappa shape index (κ1) is 16.5. The molecule has 0 fully saturated rings. The number of anilines is 1. The summed E-state index contributed by atoms with van der Waals surface area (Å²) < 4.78 is 23.6. The van der Waals surface area contributed by atoms with E-state index in [1.54, 1.807) is 38.1 Å². The Balaban J connectivity index is 2.77. The zero-order valence-corrected chi connectivity index (χ0v) is 12.9. The van der Waals surface area contributed by atoms with Crippen LogP contribution in [0.1, 0.15) is 32.8 Å². The predicted molar refractivity (Wildman–Crippen MR) is 81.1 cm³/mol. The SMILES string of the molecule is CC[C@@H](Nc1ccc(CS(=O)(=O)C(C)C)cc1)C(N)=O. The Morgan fingerprint density at radius 3 is 2.20 bits per heavy atom. The number of rotatable bonds is 7. The maximum Gasteiger partial charge on any atom is 0.239 e. The Labute approximate surface area is 120 Å². The highest BCUT2D eigenvalue weighted by atomic mass is 32.2. The molecule has 0 spiro atoms. The molecule has 0 saturated carbocycles. The van der Waals surface area contributed by atoms with Gasteiger partial charge >= 0.3 is 0 Å².